The van der Waals surface area contributed by atoms with Gasteiger partial charge in [-0.15, -0.1) is 0 Å². The standard InChI is InChI=1S/C18H22N4O5/c1-10(2)16-21-15(27-22-16)9-8-14(23)20-13-6-4-12(5-7-13)17(24)19-11(3)18(25)26/h4-7,10-11H,8-9H2,1-3H3,(H,19,24)(H,20,23)(H,25,26). The zero-order valence-corrected chi connectivity index (χ0v) is 15.4. The number of aryl methyl sites for hydroxylation is 1. The van der Waals surface area contributed by atoms with E-state index in [9.17, 15) is 14.4 Å². The lowest BCUT2D eigenvalue weighted by Crippen LogP contribution is -2.38. The van der Waals surface area contributed by atoms with E-state index in [1.165, 1.54) is 19.1 Å². The first-order valence-corrected chi connectivity index (χ1v) is 8.52. The highest BCUT2D eigenvalue weighted by Gasteiger charge is 2.15. The van der Waals surface area contributed by atoms with E-state index in [2.05, 4.69) is 20.8 Å². The van der Waals surface area contributed by atoms with Crippen LogP contribution < -0.4 is 10.6 Å². The van der Waals surface area contributed by atoms with E-state index in [0.29, 0.717) is 29.4 Å². The second-order valence-corrected chi connectivity index (χ2v) is 6.36. The van der Waals surface area contributed by atoms with Crippen LogP contribution in [0.15, 0.2) is 28.8 Å². The molecule has 1 heterocycles. The minimum atomic E-state index is -1.12. The topological polar surface area (TPSA) is 134 Å². The third-order valence-electron chi connectivity index (χ3n) is 3.71. The van der Waals surface area contributed by atoms with Gasteiger partial charge in [0.25, 0.3) is 5.91 Å². The van der Waals surface area contributed by atoms with Crippen molar-refractivity contribution in [3.63, 3.8) is 0 Å². The Balaban J connectivity index is 1.85. The number of rotatable bonds is 8. The van der Waals surface area contributed by atoms with Crippen LogP contribution in [0.1, 0.15) is 55.2 Å². The highest BCUT2D eigenvalue weighted by atomic mass is 16.5. The first-order chi connectivity index (χ1) is 12.8. The first-order valence-electron chi connectivity index (χ1n) is 8.52. The Morgan fingerprint density at radius 1 is 1.15 bits per heavy atom. The third kappa shape index (κ3) is 5.91. The molecule has 27 heavy (non-hydrogen) atoms. The van der Waals surface area contributed by atoms with Crippen LogP contribution in [0.2, 0.25) is 0 Å². The number of carboxylic acids is 1. The van der Waals surface area contributed by atoms with Gasteiger partial charge in [0.1, 0.15) is 6.04 Å². The lowest BCUT2D eigenvalue weighted by Gasteiger charge is -2.10. The maximum atomic E-state index is 12.0. The van der Waals surface area contributed by atoms with Crippen LogP contribution in [0.25, 0.3) is 0 Å². The molecule has 0 radical (unpaired) electrons. The maximum Gasteiger partial charge on any atom is 0.325 e. The van der Waals surface area contributed by atoms with Gasteiger partial charge in [0.15, 0.2) is 5.82 Å². The molecular formula is C18H22N4O5. The lowest BCUT2D eigenvalue weighted by molar-refractivity contribution is -0.138. The second kappa shape index (κ2) is 8.93. The minimum absolute atomic E-state index is 0.158. The molecule has 1 unspecified atom stereocenters. The van der Waals surface area contributed by atoms with Crippen LogP contribution in [-0.2, 0) is 16.0 Å². The molecule has 0 aliphatic heterocycles. The summed E-state index contributed by atoms with van der Waals surface area (Å²) in [5, 5.41) is 17.7. The summed E-state index contributed by atoms with van der Waals surface area (Å²) in [7, 11) is 0. The molecule has 144 valence electrons. The molecule has 0 aliphatic rings. The molecule has 0 saturated heterocycles. The highest BCUT2D eigenvalue weighted by Crippen LogP contribution is 2.13. The highest BCUT2D eigenvalue weighted by molar-refractivity contribution is 5.97. The fourth-order valence-corrected chi connectivity index (χ4v) is 2.09. The van der Waals surface area contributed by atoms with E-state index in [0.717, 1.165) is 0 Å². The summed E-state index contributed by atoms with van der Waals surface area (Å²) >= 11 is 0. The molecular weight excluding hydrogens is 352 g/mol. The Hall–Kier alpha value is -3.23. The van der Waals surface area contributed by atoms with Crippen LogP contribution >= 0.6 is 0 Å². The molecule has 0 bridgehead atoms. The quantitative estimate of drug-likeness (QED) is 0.643. The van der Waals surface area contributed by atoms with Crippen molar-refractivity contribution in [1.82, 2.24) is 15.5 Å². The molecule has 1 aromatic carbocycles. The van der Waals surface area contributed by atoms with Crippen LogP contribution in [0.4, 0.5) is 5.69 Å². The van der Waals surface area contributed by atoms with Crippen molar-refractivity contribution in [2.45, 2.75) is 45.6 Å². The largest absolute Gasteiger partial charge is 0.480 e. The van der Waals surface area contributed by atoms with Crippen LogP contribution in [-0.4, -0.2) is 39.1 Å². The maximum absolute atomic E-state index is 12.0. The van der Waals surface area contributed by atoms with Gasteiger partial charge in [0, 0.05) is 30.0 Å². The van der Waals surface area contributed by atoms with Crippen LogP contribution in [0.5, 0.6) is 0 Å². The fraction of sp³-hybridized carbons (Fsp3) is 0.389. The number of amides is 2. The predicted molar refractivity (Wildman–Crippen MR) is 96.3 cm³/mol. The fourth-order valence-electron chi connectivity index (χ4n) is 2.09. The van der Waals surface area contributed by atoms with Crippen molar-refractivity contribution in [2.24, 2.45) is 0 Å². The van der Waals surface area contributed by atoms with Crippen molar-refractivity contribution in [2.75, 3.05) is 5.32 Å². The zero-order valence-electron chi connectivity index (χ0n) is 15.4. The number of carboxylic acid groups (broad SMARTS) is 1. The van der Waals surface area contributed by atoms with Gasteiger partial charge < -0.3 is 20.3 Å². The molecule has 1 atom stereocenters. The van der Waals surface area contributed by atoms with Gasteiger partial charge in [-0.1, -0.05) is 19.0 Å². The van der Waals surface area contributed by atoms with Gasteiger partial charge in [-0.05, 0) is 31.2 Å². The molecule has 3 N–H and O–H groups in total. The summed E-state index contributed by atoms with van der Waals surface area (Å²) < 4.78 is 5.09. The van der Waals surface area contributed by atoms with Crippen molar-refractivity contribution >= 4 is 23.5 Å². The molecule has 9 nitrogen and oxygen atoms in total. The van der Waals surface area contributed by atoms with Gasteiger partial charge in [-0.25, -0.2) is 0 Å². The SMILES string of the molecule is CC(NC(=O)c1ccc(NC(=O)CCc2nc(C(C)C)no2)cc1)C(=O)O. The third-order valence-corrected chi connectivity index (χ3v) is 3.71. The molecule has 2 aromatic rings. The van der Waals surface area contributed by atoms with Crippen LogP contribution in [0, 0.1) is 0 Å². The van der Waals surface area contributed by atoms with E-state index in [1.807, 2.05) is 13.8 Å². The van der Waals surface area contributed by atoms with Gasteiger partial charge in [0.2, 0.25) is 11.8 Å². The summed E-state index contributed by atoms with van der Waals surface area (Å²) in [6, 6.07) is 5.17. The molecule has 1 aromatic heterocycles. The van der Waals surface area contributed by atoms with E-state index in [-0.39, 0.29) is 18.2 Å². The summed E-state index contributed by atoms with van der Waals surface area (Å²) in [4.78, 5) is 38.9. The predicted octanol–water partition coefficient (Wildman–Crippen LogP) is 1.97. The second-order valence-electron chi connectivity index (χ2n) is 6.36. The number of anilines is 1. The number of carbonyl (C=O) groups excluding carboxylic acids is 2. The van der Waals surface area contributed by atoms with E-state index >= 15 is 0 Å². The number of aromatic nitrogens is 2. The molecule has 9 heteroatoms. The Morgan fingerprint density at radius 3 is 2.37 bits per heavy atom. The van der Waals surface area contributed by atoms with Crippen molar-refractivity contribution in [3.8, 4) is 0 Å². The summed E-state index contributed by atoms with van der Waals surface area (Å²) in [5.41, 5.74) is 0.824. The van der Waals surface area contributed by atoms with Gasteiger partial charge in [-0.3, -0.25) is 14.4 Å². The average Bonchev–Trinajstić information content (AvgIpc) is 3.09. The number of hydrogen-bond acceptors (Lipinski definition) is 6. The summed E-state index contributed by atoms with van der Waals surface area (Å²) in [6.45, 7) is 5.28. The number of nitrogens with one attached hydrogen (secondary N) is 2. The number of aliphatic carboxylic acids is 1. The summed E-state index contributed by atoms with van der Waals surface area (Å²) in [6.07, 6.45) is 0.511. The first kappa shape index (κ1) is 20.1. The molecule has 2 amide bonds. The number of nitrogens with zero attached hydrogens (tertiary/aromatic N) is 2. The van der Waals surface area contributed by atoms with Gasteiger partial charge in [0.05, 0.1) is 0 Å². The molecule has 0 spiro atoms. The number of carbonyl (C=O) groups is 3. The van der Waals surface area contributed by atoms with E-state index in [1.54, 1.807) is 12.1 Å². The molecule has 0 aliphatic carbocycles. The van der Waals surface area contributed by atoms with E-state index < -0.39 is 17.9 Å². The Kier molecular flexibility index (Phi) is 6.64. The monoisotopic (exact) mass is 374 g/mol. The Bertz CT molecular complexity index is 813. The molecule has 0 fully saturated rings. The average molecular weight is 374 g/mol. The lowest BCUT2D eigenvalue weighted by atomic mass is 10.1. The number of hydrogen-bond donors (Lipinski definition) is 3. The van der Waals surface area contributed by atoms with Crippen molar-refractivity contribution < 1.29 is 24.0 Å². The molecule has 0 saturated carbocycles. The van der Waals surface area contributed by atoms with Crippen molar-refractivity contribution in [3.05, 3.63) is 41.5 Å². The Morgan fingerprint density at radius 2 is 1.81 bits per heavy atom. The molecule has 2 rings (SSSR count). The summed E-state index contributed by atoms with van der Waals surface area (Å²) in [5.74, 6) is -0.666. The van der Waals surface area contributed by atoms with Gasteiger partial charge >= 0.3 is 5.97 Å². The Labute approximate surface area is 156 Å². The number of benzene rings is 1. The van der Waals surface area contributed by atoms with Crippen LogP contribution in [0.3, 0.4) is 0 Å². The minimum Gasteiger partial charge on any atom is -0.480 e. The van der Waals surface area contributed by atoms with Crippen molar-refractivity contribution in [1.29, 1.82) is 0 Å². The zero-order chi connectivity index (χ0) is 20.0. The van der Waals surface area contributed by atoms with E-state index in [4.69, 9.17) is 9.63 Å². The normalized spacial score (nSPS) is 11.9. The van der Waals surface area contributed by atoms with Gasteiger partial charge in [-0.2, -0.15) is 4.98 Å². The smallest absolute Gasteiger partial charge is 0.325 e.